The summed E-state index contributed by atoms with van der Waals surface area (Å²) in [5, 5.41) is 15.8. The molecule has 36 heteroatoms. The van der Waals surface area contributed by atoms with Gasteiger partial charge in [-0.15, -0.1) is 58.5 Å². The van der Waals surface area contributed by atoms with Crippen molar-refractivity contribution >= 4 is 149 Å². The second kappa shape index (κ2) is 41.4. The second-order valence-electron chi connectivity index (χ2n) is 30.4. The van der Waals surface area contributed by atoms with Gasteiger partial charge < -0.3 is 39.2 Å². The summed E-state index contributed by atoms with van der Waals surface area (Å²) in [6.07, 6.45) is 3.87. The molecule has 3 aliphatic heterocycles. The van der Waals surface area contributed by atoms with E-state index >= 15 is 0 Å². The summed E-state index contributed by atoms with van der Waals surface area (Å²) >= 11 is 13.7. The minimum Gasteiger partial charge on any atom is -0.404 e. The number of benzene rings is 5. The van der Waals surface area contributed by atoms with Gasteiger partial charge in [0, 0.05) is 134 Å². The van der Waals surface area contributed by atoms with Gasteiger partial charge in [-0.3, -0.25) is 19.2 Å². The van der Waals surface area contributed by atoms with E-state index in [9.17, 15) is 62.4 Å². The molecule has 12 aromatic rings. The first-order chi connectivity index (χ1) is 58.3. The summed E-state index contributed by atoms with van der Waals surface area (Å²) in [6.45, 7) is 13.4. The summed E-state index contributed by atoms with van der Waals surface area (Å²) in [6, 6.07) is 42.8. The zero-order valence-electron chi connectivity index (χ0n) is 67.5. The Bertz CT molecular complexity index is 5700. The fourth-order valence-electron chi connectivity index (χ4n) is 14.2. The number of para-hydroxylation sites is 2. The number of pyridine rings is 1. The van der Waals surface area contributed by atoms with Crippen molar-refractivity contribution in [3.05, 3.63) is 235 Å². The normalized spacial score (nSPS) is 16.5. The average Bonchev–Trinajstić information content (AvgIpc) is 1.60. The second-order valence-corrected chi connectivity index (χ2v) is 40.8. The number of hydrogen-bond acceptors (Lipinski definition) is 21. The number of halogens is 7. The molecule has 22 nitrogen and oxygen atoms in total. The minimum absolute atomic E-state index is 0.0142. The van der Waals surface area contributed by atoms with E-state index in [1.165, 1.54) is 49.7 Å². The number of likely N-dealkylation sites (tertiary alicyclic amines) is 1. The lowest BCUT2D eigenvalue weighted by Gasteiger charge is -2.24. The summed E-state index contributed by atoms with van der Waals surface area (Å²) in [5.41, 5.74) is 7.67. The molecule has 16 rings (SSSR count). The van der Waals surface area contributed by atoms with Gasteiger partial charge in [-0.2, -0.15) is 29.2 Å². The molecule has 0 spiro atoms. The van der Waals surface area contributed by atoms with Crippen LogP contribution in [0.3, 0.4) is 0 Å². The Kier molecular flexibility index (Phi) is 31.2. The highest BCUT2D eigenvalue weighted by Gasteiger charge is 2.43. The zero-order chi connectivity index (χ0) is 86.9. The maximum atomic E-state index is 13.0. The van der Waals surface area contributed by atoms with Crippen LogP contribution in [0.25, 0.3) is 31.5 Å². The molecular weight excluding hydrogens is 1730 g/mol. The fraction of sp³-hybridized carbons (Fsp3) is 0.384. The summed E-state index contributed by atoms with van der Waals surface area (Å²) in [4.78, 5) is 73.7. The highest BCUT2D eigenvalue weighted by Crippen LogP contribution is 2.40. The van der Waals surface area contributed by atoms with E-state index in [1.807, 2.05) is 122 Å². The van der Waals surface area contributed by atoms with Gasteiger partial charge in [0.15, 0.2) is 20.0 Å². The number of ether oxygens (including phenoxy) is 1. The molecule has 4 amide bonds. The van der Waals surface area contributed by atoms with Gasteiger partial charge in [0.2, 0.25) is 21.8 Å². The van der Waals surface area contributed by atoms with Crippen LogP contribution in [0.1, 0.15) is 136 Å². The first kappa shape index (κ1) is 91.9. The van der Waals surface area contributed by atoms with Crippen molar-refractivity contribution in [3.63, 3.8) is 0 Å². The first-order valence-corrected chi connectivity index (χ1v) is 47.6. The Hall–Kier alpha value is -9.33. The molecule has 4 aliphatic rings. The van der Waals surface area contributed by atoms with Gasteiger partial charge in [-0.05, 0) is 188 Å². The molecule has 3 atom stereocenters. The number of thioether (sulfide) groups is 1. The van der Waals surface area contributed by atoms with Crippen LogP contribution in [0, 0.1) is 13.8 Å². The highest BCUT2D eigenvalue weighted by atomic mass is 35.5. The maximum absolute atomic E-state index is 13.0. The van der Waals surface area contributed by atoms with E-state index in [1.54, 1.807) is 72.7 Å². The molecule has 122 heavy (non-hydrogen) atoms. The Morgan fingerprint density at radius 1 is 0.730 bits per heavy atom. The van der Waals surface area contributed by atoms with E-state index in [4.69, 9.17) is 16.1 Å². The van der Waals surface area contributed by atoms with Crippen LogP contribution in [0.4, 0.5) is 31.5 Å². The fourth-order valence-corrected chi connectivity index (χ4v) is 22.2. The maximum Gasteiger partial charge on any atom is 0.573 e. The molecule has 0 radical (unpaired) electrons. The van der Waals surface area contributed by atoms with Crippen LogP contribution < -0.4 is 20.3 Å². The number of nitrogens with zero attached hydrogens (tertiary/aromatic N) is 10. The predicted molar refractivity (Wildman–Crippen MR) is 470 cm³/mol. The van der Waals surface area contributed by atoms with E-state index in [2.05, 4.69) is 78.4 Å². The van der Waals surface area contributed by atoms with Crippen molar-refractivity contribution in [2.45, 2.75) is 157 Å². The van der Waals surface area contributed by atoms with E-state index < -0.39 is 58.6 Å². The number of carbonyl (C=O) groups excluding carboxylic acids is 4. The molecule has 2 N–H and O–H groups in total. The van der Waals surface area contributed by atoms with Crippen LogP contribution in [-0.2, 0) is 61.4 Å². The molecule has 10 heterocycles. The topological polar surface area (TPSA) is 265 Å². The smallest absolute Gasteiger partial charge is 0.404 e. The number of sulfonamides is 1. The van der Waals surface area contributed by atoms with Crippen LogP contribution in [0.5, 0.6) is 5.75 Å². The highest BCUT2D eigenvalue weighted by molar-refractivity contribution is 7.99. The Morgan fingerprint density at radius 3 is 2.23 bits per heavy atom. The first-order valence-electron chi connectivity index (χ1n) is 39.7. The van der Waals surface area contributed by atoms with Crippen molar-refractivity contribution in [1.29, 1.82) is 0 Å². The largest absolute Gasteiger partial charge is 0.573 e. The summed E-state index contributed by atoms with van der Waals surface area (Å²) in [5.74, 6) is 0.382. The average molecular weight is 1830 g/mol. The van der Waals surface area contributed by atoms with Gasteiger partial charge in [0.1, 0.15) is 22.1 Å². The van der Waals surface area contributed by atoms with Crippen molar-refractivity contribution in [3.8, 4) is 5.75 Å². The molecular formula is C86H93ClF6N12O10S7. The predicted octanol–water partition coefficient (Wildman–Crippen LogP) is 18.3. The molecule has 5 aromatic carbocycles. The molecule has 1 aliphatic carbocycles. The van der Waals surface area contributed by atoms with Gasteiger partial charge in [-0.1, -0.05) is 83.5 Å². The number of alkyl halides is 6. The Labute approximate surface area is 729 Å². The van der Waals surface area contributed by atoms with Gasteiger partial charge in [0.05, 0.1) is 58.6 Å². The van der Waals surface area contributed by atoms with Gasteiger partial charge >= 0.3 is 12.5 Å². The number of thiophene rings is 1. The van der Waals surface area contributed by atoms with Gasteiger partial charge in [0.25, 0.3) is 11.8 Å². The Morgan fingerprint density at radius 2 is 1.51 bits per heavy atom. The molecule has 648 valence electrons. The number of thiazole rings is 3. The number of amides is 4. The van der Waals surface area contributed by atoms with Crippen molar-refractivity contribution < 1.29 is 71.6 Å². The van der Waals surface area contributed by atoms with Crippen LogP contribution in [0.2, 0.25) is 5.02 Å². The lowest BCUT2D eigenvalue weighted by molar-refractivity contribution is -0.275. The van der Waals surface area contributed by atoms with Gasteiger partial charge in [-0.25, -0.2) is 36.8 Å². The number of carbonyl (C=O) groups is 4. The third-order valence-electron chi connectivity index (χ3n) is 20.9. The standard InChI is InChI=1S/C18H23ClF3NO3S.C18H18F3NO3S2.C18H16N4OS.C17H16N2OS2.C15H20N4O2S/c1-17(2,3)27(25,26)13-8-9-23(11-13)16(24)7-5-12-4-6-15(19)14(10-12)18(20,21)22;19-18(20,21)25-15-8-4-5-9-17(15)27(23,24)22-11-10-16(26-13-12-22)14-6-2-1-3-7-14;23-17(18-21-14-6-1-2-7-15(14)24-18)20-10-4-11-22-12-8-13-5-3-9-19-16(13)22;20-17(12-3-6-15-16(10-12)22-11-18-15)19(13-4-5-13)8-7-14-2-1-9-21-14;1-10-13(11(2)21-18-10)8-14(20)17-9-12-4-3-6-19(12)15-16-5-7-22-15/h4,6,10,13H,5,7-9,11H2,1-3H3;1-9,16H,10-13H2;1-3,5-9,12H,4,10-11H2,(H,20,23);1-3,6,9-11,13H,4-5,7-8H2;5,7,12H,3-4,6,8-9H2,1-2H3,(H,17,20). The van der Waals surface area contributed by atoms with Crippen molar-refractivity contribution in [2.75, 3.05) is 63.0 Å². The quantitative estimate of drug-likeness (QED) is 0.0445. The molecule has 1 saturated carbocycles. The SMILES string of the molecule is CC(C)(C)S(=O)(=O)C1CCN(C(=O)CCc2ccc(Cl)c(C(F)(F)F)c2)C1.Cc1noc(C)c1CC(=O)NCC1CCCN1c1nccs1.O=C(NCCCn1ccc2cccnc21)c1nc2ccccc2s1.O=C(c1ccc2ncsc2c1)N(CCc1cccs1)C1CC1.O=S(=O)(c1ccccc1OC(F)(F)F)N1CCSC(c2ccccc2)CC1. The molecule has 4 fully saturated rings. The molecule has 3 unspecified atom stereocenters. The number of aromatic nitrogens is 6. The third kappa shape index (κ3) is 24.6. The molecule has 7 aromatic heterocycles. The monoisotopic (exact) mass is 1830 g/mol. The number of rotatable bonds is 23. The lowest BCUT2D eigenvalue weighted by Crippen LogP contribution is -2.40. The van der Waals surface area contributed by atoms with E-state index in [-0.39, 0.29) is 66.4 Å². The number of anilines is 1. The third-order valence-corrected chi connectivity index (χ3v) is 31.0. The van der Waals surface area contributed by atoms with Crippen LogP contribution >= 0.6 is 68.7 Å². The van der Waals surface area contributed by atoms with Crippen molar-refractivity contribution in [2.24, 2.45) is 0 Å². The van der Waals surface area contributed by atoms with Crippen LogP contribution in [0.15, 0.2) is 190 Å². The number of sulfone groups is 1. The molecule has 0 bridgehead atoms. The number of fused-ring (bicyclic) bond motifs is 3. The number of hydrogen-bond donors (Lipinski definition) is 2. The lowest BCUT2D eigenvalue weighted by atomic mass is 10.1. The zero-order valence-corrected chi connectivity index (χ0v) is 74.0. The summed E-state index contributed by atoms with van der Waals surface area (Å²) in [7, 11) is -7.47. The van der Waals surface area contributed by atoms with Crippen molar-refractivity contribution in [1.82, 2.24) is 54.4 Å². The van der Waals surface area contributed by atoms with E-state index in [0.29, 0.717) is 67.3 Å². The van der Waals surface area contributed by atoms with Crippen LogP contribution in [-0.4, -0.2) is 171 Å². The molecule has 3 saturated heterocycles. The Balaban J connectivity index is 0.000000140. The number of nitrogens with one attached hydrogen (secondary N) is 2. The van der Waals surface area contributed by atoms with E-state index in [0.717, 1.165) is 141 Å². The number of aryl methyl sites for hydroxylation is 4. The summed E-state index contributed by atoms with van der Waals surface area (Å²) < 4.78 is 141. The minimum atomic E-state index is -4.96.